The Morgan fingerprint density at radius 3 is 2.60 bits per heavy atom. The van der Waals surface area contributed by atoms with Crippen LogP contribution in [0.2, 0.25) is 0 Å². The first-order valence-corrected chi connectivity index (χ1v) is 8.81. The molecule has 3 heterocycles. The van der Waals surface area contributed by atoms with Crippen molar-refractivity contribution < 1.29 is 24.2 Å². The van der Waals surface area contributed by atoms with Crippen molar-refractivity contribution in [3.05, 3.63) is 23.8 Å². The first-order valence-electron chi connectivity index (χ1n) is 8.81. The molecule has 3 aliphatic heterocycles. The van der Waals surface area contributed by atoms with Gasteiger partial charge in [-0.25, -0.2) is 4.79 Å². The number of hydrogen-bond acceptors (Lipinski definition) is 5. The Hall–Kier alpha value is -2.28. The molecule has 2 fully saturated rings. The number of fused-ring (bicyclic) bond motifs is 1. The van der Waals surface area contributed by atoms with Gasteiger partial charge in [-0.05, 0) is 57.0 Å². The average molecular weight is 346 g/mol. The molecule has 0 aliphatic carbocycles. The summed E-state index contributed by atoms with van der Waals surface area (Å²) in [6.07, 6.45) is 3.66. The van der Waals surface area contributed by atoms with E-state index in [0.29, 0.717) is 30.0 Å². The van der Waals surface area contributed by atoms with Gasteiger partial charge in [-0.2, -0.15) is 0 Å². The Balaban J connectivity index is 1.52. The number of carbonyl (C=O) groups excluding carboxylic acids is 1. The van der Waals surface area contributed by atoms with E-state index in [-0.39, 0.29) is 18.7 Å². The molecule has 1 aromatic carbocycles. The Bertz CT molecular complexity index is 686. The number of carboxylic acids is 1. The molecular formula is C18H22N2O5. The van der Waals surface area contributed by atoms with Crippen LogP contribution >= 0.6 is 0 Å². The Kier molecular flexibility index (Phi) is 4.25. The van der Waals surface area contributed by atoms with Crippen LogP contribution in [0.15, 0.2) is 18.2 Å². The van der Waals surface area contributed by atoms with E-state index in [1.165, 1.54) is 17.7 Å². The lowest BCUT2D eigenvalue weighted by Gasteiger charge is -2.40. The van der Waals surface area contributed by atoms with Crippen LogP contribution in [0.3, 0.4) is 0 Å². The lowest BCUT2D eigenvalue weighted by atomic mass is 9.95. The van der Waals surface area contributed by atoms with Gasteiger partial charge in [0.25, 0.3) is 5.91 Å². The molecule has 7 nitrogen and oxygen atoms in total. The molecule has 1 amide bonds. The zero-order chi connectivity index (χ0) is 17.4. The molecular weight excluding hydrogens is 324 g/mol. The predicted molar refractivity (Wildman–Crippen MR) is 88.9 cm³/mol. The minimum absolute atomic E-state index is 0.145. The smallest absolute Gasteiger partial charge is 0.326 e. The maximum absolute atomic E-state index is 12.9. The molecule has 0 unspecified atom stereocenters. The third kappa shape index (κ3) is 3.04. The number of amides is 1. The van der Waals surface area contributed by atoms with E-state index in [1.54, 1.807) is 18.2 Å². The van der Waals surface area contributed by atoms with Crippen molar-refractivity contribution in [3.8, 4) is 11.5 Å². The van der Waals surface area contributed by atoms with Crippen molar-refractivity contribution in [1.29, 1.82) is 0 Å². The average Bonchev–Trinajstić information content (AvgIpc) is 3.31. The summed E-state index contributed by atoms with van der Waals surface area (Å²) in [4.78, 5) is 28.6. The van der Waals surface area contributed by atoms with E-state index in [2.05, 4.69) is 4.90 Å². The highest BCUT2D eigenvalue weighted by atomic mass is 16.7. The molecule has 25 heavy (non-hydrogen) atoms. The predicted octanol–water partition coefficient (Wildman–Crippen LogP) is 1.57. The van der Waals surface area contributed by atoms with Crippen LogP contribution in [0, 0.1) is 0 Å². The molecule has 0 saturated carbocycles. The third-order valence-corrected chi connectivity index (χ3v) is 5.40. The van der Waals surface area contributed by atoms with E-state index in [4.69, 9.17) is 9.47 Å². The molecule has 1 aromatic rings. The van der Waals surface area contributed by atoms with Crippen LogP contribution in [-0.4, -0.2) is 65.3 Å². The molecule has 4 rings (SSSR count). The monoisotopic (exact) mass is 346 g/mol. The minimum atomic E-state index is -0.932. The summed E-state index contributed by atoms with van der Waals surface area (Å²) in [6, 6.07) is 4.47. The number of hydrogen-bond donors (Lipinski definition) is 1. The second-order valence-corrected chi connectivity index (χ2v) is 6.84. The van der Waals surface area contributed by atoms with Gasteiger partial charge in [0.15, 0.2) is 11.5 Å². The summed E-state index contributed by atoms with van der Waals surface area (Å²) >= 11 is 0. The number of aliphatic carboxylic acids is 1. The number of benzene rings is 1. The first kappa shape index (κ1) is 16.2. The van der Waals surface area contributed by atoms with Gasteiger partial charge in [0.05, 0.1) is 0 Å². The van der Waals surface area contributed by atoms with Crippen LogP contribution in [0.25, 0.3) is 0 Å². The van der Waals surface area contributed by atoms with E-state index < -0.39 is 12.0 Å². The molecule has 2 atom stereocenters. The van der Waals surface area contributed by atoms with Gasteiger partial charge in [-0.15, -0.1) is 0 Å². The quantitative estimate of drug-likeness (QED) is 0.895. The molecule has 1 N–H and O–H groups in total. The largest absolute Gasteiger partial charge is 0.480 e. The zero-order valence-electron chi connectivity index (χ0n) is 14.0. The van der Waals surface area contributed by atoms with Gasteiger partial charge >= 0.3 is 5.97 Å². The standard InChI is InChI=1S/C18H22N2O5/c21-17(12-3-4-15-16(9-12)25-11-24-15)20-8-5-13(10-14(20)18(22)23)19-6-1-2-7-19/h3-4,9,13-14H,1-2,5-8,10-11H2,(H,22,23)/t13-,14-/m0/s1. The number of rotatable bonds is 3. The van der Waals surface area contributed by atoms with Gasteiger partial charge in [0, 0.05) is 18.2 Å². The number of nitrogens with zero attached hydrogens (tertiary/aromatic N) is 2. The Morgan fingerprint density at radius 1 is 1.08 bits per heavy atom. The van der Waals surface area contributed by atoms with Crippen LogP contribution in [0.5, 0.6) is 11.5 Å². The van der Waals surface area contributed by atoms with Crippen LogP contribution in [-0.2, 0) is 4.79 Å². The highest BCUT2D eigenvalue weighted by Gasteiger charge is 2.39. The van der Waals surface area contributed by atoms with Gasteiger partial charge in [0.1, 0.15) is 6.04 Å². The van der Waals surface area contributed by atoms with E-state index in [1.807, 2.05) is 0 Å². The molecule has 0 bridgehead atoms. The highest BCUT2D eigenvalue weighted by Crippen LogP contribution is 2.34. The fourth-order valence-electron chi connectivity index (χ4n) is 4.06. The van der Waals surface area contributed by atoms with Gasteiger partial charge in [0.2, 0.25) is 6.79 Å². The van der Waals surface area contributed by atoms with Crippen molar-refractivity contribution in [2.45, 2.75) is 37.8 Å². The lowest BCUT2D eigenvalue weighted by molar-refractivity contribution is -0.144. The van der Waals surface area contributed by atoms with Crippen molar-refractivity contribution >= 4 is 11.9 Å². The Labute approximate surface area is 146 Å². The summed E-state index contributed by atoms with van der Waals surface area (Å²) in [5.74, 6) is -0.0488. The summed E-state index contributed by atoms with van der Waals surface area (Å²) in [7, 11) is 0. The number of likely N-dealkylation sites (tertiary alicyclic amines) is 2. The van der Waals surface area contributed by atoms with Gasteiger partial charge < -0.3 is 24.4 Å². The van der Waals surface area contributed by atoms with Gasteiger partial charge in [-0.3, -0.25) is 4.79 Å². The van der Waals surface area contributed by atoms with Crippen LogP contribution in [0.1, 0.15) is 36.0 Å². The van der Waals surface area contributed by atoms with Crippen LogP contribution in [0.4, 0.5) is 0 Å². The van der Waals surface area contributed by atoms with E-state index >= 15 is 0 Å². The normalized spacial score (nSPS) is 26.0. The topological polar surface area (TPSA) is 79.3 Å². The summed E-state index contributed by atoms with van der Waals surface area (Å²) in [5, 5.41) is 9.66. The summed E-state index contributed by atoms with van der Waals surface area (Å²) < 4.78 is 10.6. The molecule has 134 valence electrons. The van der Waals surface area contributed by atoms with E-state index in [0.717, 1.165) is 19.5 Å². The first-order chi connectivity index (χ1) is 12.1. The van der Waals surface area contributed by atoms with Crippen molar-refractivity contribution in [2.75, 3.05) is 26.4 Å². The number of carbonyl (C=O) groups is 2. The number of piperidine rings is 1. The van der Waals surface area contributed by atoms with Crippen molar-refractivity contribution in [1.82, 2.24) is 9.80 Å². The summed E-state index contributed by atoms with van der Waals surface area (Å²) in [6.45, 7) is 2.68. The van der Waals surface area contributed by atoms with Gasteiger partial charge in [-0.1, -0.05) is 0 Å². The maximum Gasteiger partial charge on any atom is 0.326 e. The number of carboxylic acid groups (broad SMARTS) is 1. The third-order valence-electron chi connectivity index (χ3n) is 5.40. The fourth-order valence-corrected chi connectivity index (χ4v) is 4.06. The Morgan fingerprint density at radius 2 is 1.84 bits per heavy atom. The second kappa shape index (κ2) is 6.55. The minimum Gasteiger partial charge on any atom is -0.480 e. The molecule has 0 spiro atoms. The van der Waals surface area contributed by atoms with Crippen molar-refractivity contribution in [2.24, 2.45) is 0 Å². The molecule has 2 saturated heterocycles. The lowest BCUT2D eigenvalue weighted by Crippen LogP contribution is -2.54. The molecule has 0 radical (unpaired) electrons. The zero-order valence-corrected chi connectivity index (χ0v) is 14.0. The highest BCUT2D eigenvalue weighted by molar-refractivity contribution is 5.97. The SMILES string of the molecule is O=C(O)[C@@H]1C[C@@H](N2CCCC2)CCN1C(=O)c1ccc2c(c1)OCO2. The second-order valence-electron chi connectivity index (χ2n) is 6.84. The fraction of sp³-hybridized carbons (Fsp3) is 0.556. The van der Waals surface area contributed by atoms with E-state index in [9.17, 15) is 14.7 Å². The molecule has 7 heteroatoms. The summed E-state index contributed by atoms with van der Waals surface area (Å²) in [5.41, 5.74) is 0.440. The van der Waals surface area contributed by atoms with Crippen molar-refractivity contribution in [3.63, 3.8) is 0 Å². The molecule has 3 aliphatic rings. The van der Waals surface area contributed by atoms with Crippen LogP contribution < -0.4 is 9.47 Å². The number of ether oxygens (including phenoxy) is 2. The molecule has 0 aromatic heterocycles. The maximum atomic E-state index is 12.9.